The van der Waals surface area contributed by atoms with E-state index in [1.165, 1.54) is 11.5 Å². The first-order chi connectivity index (χ1) is 4.29. The van der Waals surface area contributed by atoms with E-state index in [-0.39, 0.29) is 5.38 Å². The predicted octanol–water partition coefficient (Wildman–Crippen LogP) is 1.71. The van der Waals surface area contributed by atoms with E-state index >= 15 is 0 Å². The predicted molar refractivity (Wildman–Crippen MR) is 38.9 cm³/mol. The lowest BCUT2D eigenvalue weighted by Gasteiger charge is -1.94. The van der Waals surface area contributed by atoms with Gasteiger partial charge in [0.15, 0.2) is 0 Å². The van der Waals surface area contributed by atoms with Crippen LogP contribution in [0.25, 0.3) is 0 Å². The molecule has 1 heterocycles. The van der Waals surface area contributed by atoms with E-state index in [1.54, 1.807) is 6.33 Å². The molecule has 0 aliphatic rings. The molecule has 0 aromatic carbocycles. The third-order valence-electron chi connectivity index (χ3n) is 0.863. The summed E-state index contributed by atoms with van der Waals surface area (Å²) >= 11 is 7.11. The van der Waals surface area contributed by atoms with Gasteiger partial charge in [-0.15, -0.1) is 11.6 Å². The Hall–Kier alpha value is -0.150. The average Bonchev–Trinajstić information content (AvgIpc) is 2.15. The molecule has 0 bridgehead atoms. The highest BCUT2D eigenvalue weighted by molar-refractivity contribution is 7.05. The fourth-order valence-electron chi connectivity index (χ4n) is 0.527. The van der Waals surface area contributed by atoms with Crippen LogP contribution in [0.1, 0.15) is 11.9 Å². The zero-order chi connectivity index (χ0) is 6.69. The molecule has 50 valence electrons. The molecule has 0 fully saturated rings. The van der Waals surface area contributed by atoms with Crippen molar-refractivity contribution in [2.45, 2.75) is 18.7 Å². The van der Waals surface area contributed by atoms with Crippen molar-refractivity contribution < 1.29 is 0 Å². The normalized spacial score (nSPS) is 13.6. The summed E-state index contributed by atoms with van der Waals surface area (Å²) in [5.41, 5.74) is 0. The molecular weight excluding hydrogens is 156 g/mol. The third-order valence-corrected chi connectivity index (χ3v) is 1.70. The largest absolute Gasteiger partial charge is 0.228 e. The molecular formula is C5H7ClN2S. The van der Waals surface area contributed by atoms with Crippen LogP contribution in [0.3, 0.4) is 0 Å². The zero-order valence-corrected chi connectivity index (χ0v) is 6.61. The summed E-state index contributed by atoms with van der Waals surface area (Å²) in [4.78, 5) is 3.98. The summed E-state index contributed by atoms with van der Waals surface area (Å²) in [5.74, 6) is 0. The molecule has 4 heteroatoms. The summed E-state index contributed by atoms with van der Waals surface area (Å²) in [5, 5.41) is 1.18. The maximum atomic E-state index is 5.71. The van der Waals surface area contributed by atoms with Gasteiger partial charge in [0, 0.05) is 11.8 Å². The minimum atomic E-state index is 0.165. The first-order valence-corrected chi connectivity index (χ1v) is 3.89. The van der Waals surface area contributed by atoms with Crippen molar-refractivity contribution in [3.05, 3.63) is 11.3 Å². The third kappa shape index (κ3) is 2.28. The Labute approximate surface area is 63.1 Å². The van der Waals surface area contributed by atoms with Crippen molar-refractivity contribution in [1.82, 2.24) is 9.36 Å². The number of nitrogens with zero attached hydrogens (tertiary/aromatic N) is 2. The van der Waals surface area contributed by atoms with Crippen LogP contribution in [0.5, 0.6) is 0 Å². The van der Waals surface area contributed by atoms with Crippen molar-refractivity contribution in [1.29, 1.82) is 0 Å². The highest BCUT2D eigenvalue weighted by Crippen LogP contribution is 2.06. The standard InChI is InChI=1S/C5H7ClN2S/c1-4(6)2-5-7-3-8-9-5/h3-4H,2H2,1H3. The molecule has 1 unspecified atom stereocenters. The number of hydrogen-bond acceptors (Lipinski definition) is 3. The van der Waals surface area contributed by atoms with Crippen molar-refractivity contribution in [2.75, 3.05) is 0 Å². The van der Waals surface area contributed by atoms with E-state index in [0.29, 0.717) is 0 Å². The molecule has 1 aromatic heterocycles. The molecule has 0 spiro atoms. The van der Waals surface area contributed by atoms with Crippen LogP contribution < -0.4 is 0 Å². The average molecular weight is 163 g/mol. The Bertz CT molecular complexity index is 161. The Balaban J connectivity index is 2.48. The fraction of sp³-hybridized carbons (Fsp3) is 0.600. The van der Waals surface area contributed by atoms with Crippen LogP contribution in [0.15, 0.2) is 6.33 Å². The van der Waals surface area contributed by atoms with Crippen molar-refractivity contribution in [2.24, 2.45) is 0 Å². The molecule has 0 amide bonds. The second-order valence-electron chi connectivity index (χ2n) is 1.82. The summed E-state index contributed by atoms with van der Waals surface area (Å²) in [7, 11) is 0. The van der Waals surface area contributed by atoms with Crippen LogP contribution in [0, 0.1) is 0 Å². The van der Waals surface area contributed by atoms with E-state index in [2.05, 4.69) is 9.36 Å². The zero-order valence-electron chi connectivity index (χ0n) is 5.04. The van der Waals surface area contributed by atoms with Crippen molar-refractivity contribution in [3.8, 4) is 0 Å². The van der Waals surface area contributed by atoms with Gasteiger partial charge in [0.2, 0.25) is 0 Å². The van der Waals surface area contributed by atoms with Gasteiger partial charge in [-0.1, -0.05) is 0 Å². The Morgan fingerprint density at radius 3 is 3.11 bits per heavy atom. The van der Waals surface area contributed by atoms with Gasteiger partial charge in [0.05, 0.1) is 0 Å². The Morgan fingerprint density at radius 1 is 1.89 bits per heavy atom. The maximum absolute atomic E-state index is 5.71. The summed E-state index contributed by atoms with van der Waals surface area (Å²) < 4.78 is 3.85. The number of hydrogen-bond donors (Lipinski definition) is 0. The fourth-order valence-corrected chi connectivity index (χ4v) is 1.40. The van der Waals surface area contributed by atoms with Crippen molar-refractivity contribution >= 4 is 23.1 Å². The molecule has 1 rings (SSSR count). The van der Waals surface area contributed by atoms with Gasteiger partial charge in [-0.3, -0.25) is 0 Å². The van der Waals surface area contributed by atoms with Crippen LogP contribution in [0.4, 0.5) is 0 Å². The quantitative estimate of drug-likeness (QED) is 0.619. The lowest BCUT2D eigenvalue weighted by Crippen LogP contribution is -1.95. The van der Waals surface area contributed by atoms with Gasteiger partial charge < -0.3 is 0 Å². The summed E-state index contributed by atoms with van der Waals surface area (Å²) in [6, 6.07) is 0. The lowest BCUT2D eigenvalue weighted by molar-refractivity contribution is 0.917. The maximum Gasteiger partial charge on any atom is 0.129 e. The molecule has 0 N–H and O–H groups in total. The monoisotopic (exact) mass is 162 g/mol. The smallest absolute Gasteiger partial charge is 0.129 e. The van der Waals surface area contributed by atoms with Crippen LogP contribution in [-0.4, -0.2) is 14.7 Å². The molecule has 1 atom stereocenters. The summed E-state index contributed by atoms with van der Waals surface area (Å²) in [6.45, 7) is 1.95. The first kappa shape index (κ1) is 6.96. The number of rotatable bonds is 2. The second kappa shape index (κ2) is 3.13. The topological polar surface area (TPSA) is 25.8 Å². The minimum Gasteiger partial charge on any atom is -0.228 e. The lowest BCUT2D eigenvalue weighted by atomic mass is 10.3. The highest BCUT2D eigenvalue weighted by Gasteiger charge is 2.00. The van der Waals surface area contributed by atoms with Gasteiger partial charge >= 0.3 is 0 Å². The Kier molecular flexibility index (Phi) is 2.42. The SMILES string of the molecule is CC(Cl)Cc1ncns1. The molecule has 0 radical (unpaired) electrons. The van der Waals surface area contributed by atoms with Crippen LogP contribution >= 0.6 is 23.1 Å². The van der Waals surface area contributed by atoms with E-state index in [9.17, 15) is 0 Å². The van der Waals surface area contributed by atoms with Gasteiger partial charge in [-0.25, -0.2) is 4.98 Å². The van der Waals surface area contributed by atoms with Gasteiger partial charge in [0.25, 0.3) is 0 Å². The van der Waals surface area contributed by atoms with Gasteiger partial charge in [-0.2, -0.15) is 4.37 Å². The first-order valence-electron chi connectivity index (χ1n) is 2.68. The van der Waals surface area contributed by atoms with E-state index in [0.717, 1.165) is 11.4 Å². The molecule has 9 heavy (non-hydrogen) atoms. The molecule has 0 saturated carbocycles. The molecule has 0 saturated heterocycles. The van der Waals surface area contributed by atoms with Crippen LogP contribution in [-0.2, 0) is 6.42 Å². The Morgan fingerprint density at radius 2 is 2.67 bits per heavy atom. The van der Waals surface area contributed by atoms with Crippen LogP contribution in [0.2, 0.25) is 0 Å². The number of halogens is 1. The molecule has 1 aromatic rings. The van der Waals surface area contributed by atoms with E-state index in [1.807, 2.05) is 6.92 Å². The van der Waals surface area contributed by atoms with E-state index in [4.69, 9.17) is 11.6 Å². The molecule has 2 nitrogen and oxygen atoms in total. The molecule has 0 aliphatic carbocycles. The number of aromatic nitrogens is 2. The molecule has 0 aliphatic heterocycles. The van der Waals surface area contributed by atoms with Gasteiger partial charge in [-0.05, 0) is 18.5 Å². The second-order valence-corrected chi connectivity index (χ2v) is 3.43. The van der Waals surface area contributed by atoms with Crippen molar-refractivity contribution in [3.63, 3.8) is 0 Å². The minimum absolute atomic E-state index is 0.165. The number of alkyl halides is 1. The van der Waals surface area contributed by atoms with Gasteiger partial charge in [0.1, 0.15) is 11.3 Å². The highest BCUT2D eigenvalue weighted by atomic mass is 35.5. The summed E-state index contributed by atoms with van der Waals surface area (Å²) in [6.07, 6.45) is 2.38. The van der Waals surface area contributed by atoms with E-state index < -0.39 is 0 Å².